The smallest absolute Gasteiger partial charge is 0.302 e. The number of carbonyl (C=O) groups excluding carboxylic acids is 2. The van der Waals surface area contributed by atoms with Gasteiger partial charge in [0.25, 0.3) is 0 Å². The van der Waals surface area contributed by atoms with Crippen molar-refractivity contribution in [2.45, 2.75) is 151 Å². The molecule has 5 saturated carbocycles. The Hall–Kier alpha value is -1.36. The highest BCUT2D eigenvalue weighted by Gasteiger charge is 2.72. The standard InChI is InChI=1S/C39H66N2O3/c1-26(2)28-16-21-39(34(43)41-25-13-11-9-10-12-24-40)23-22-37(7)29(33(28)39)14-15-31-36(6)19-18-32(44-27(3)42)35(4,5)30(36)17-20-38(31,37)8/h28-33H,1,9-25,40H2,2-8H3,(H,41,43)/t28-,29+,30-,31+,32-,33+,36-,37+,38+,39-/m0/s1. The van der Waals surface area contributed by atoms with E-state index in [0.29, 0.717) is 35.5 Å². The summed E-state index contributed by atoms with van der Waals surface area (Å²) in [6.45, 7) is 22.6. The molecule has 0 aromatic heterocycles. The molecule has 5 fully saturated rings. The second-order valence-electron chi connectivity index (χ2n) is 17.6. The van der Waals surface area contributed by atoms with Crippen LogP contribution in [0.2, 0.25) is 0 Å². The molecule has 0 bridgehead atoms. The minimum absolute atomic E-state index is 0.0154. The zero-order chi connectivity index (χ0) is 32.1. The number of ether oxygens (including phenoxy) is 1. The second-order valence-corrected chi connectivity index (χ2v) is 17.6. The summed E-state index contributed by atoms with van der Waals surface area (Å²) >= 11 is 0. The molecule has 0 saturated heterocycles. The van der Waals surface area contributed by atoms with Gasteiger partial charge in [0.2, 0.25) is 5.91 Å². The number of rotatable bonds is 10. The normalized spacial score (nSPS) is 44.0. The van der Waals surface area contributed by atoms with Gasteiger partial charge in [0.15, 0.2) is 0 Å². The van der Waals surface area contributed by atoms with Crippen LogP contribution in [0.15, 0.2) is 12.2 Å². The first-order valence-electron chi connectivity index (χ1n) is 18.5. The van der Waals surface area contributed by atoms with Crippen molar-refractivity contribution < 1.29 is 14.3 Å². The lowest BCUT2D eigenvalue weighted by atomic mass is 9.32. The van der Waals surface area contributed by atoms with Crippen molar-refractivity contribution in [3.63, 3.8) is 0 Å². The van der Waals surface area contributed by atoms with E-state index in [0.717, 1.165) is 64.5 Å². The van der Waals surface area contributed by atoms with Gasteiger partial charge >= 0.3 is 5.97 Å². The Morgan fingerprint density at radius 2 is 1.50 bits per heavy atom. The van der Waals surface area contributed by atoms with Gasteiger partial charge in [-0.05, 0) is 136 Å². The fourth-order valence-corrected chi connectivity index (χ4v) is 13.1. The Kier molecular flexibility index (Phi) is 9.54. The van der Waals surface area contributed by atoms with E-state index in [1.165, 1.54) is 50.5 Å². The molecule has 10 atom stereocenters. The number of unbranched alkanes of at least 4 members (excludes halogenated alkanes) is 4. The average Bonchev–Trinajstić information content (AvgIpc) is 3.36. The molecule has 0 radical (unpaired) electrons. The zero-order valence-corrected chi connectivity index (χ0v) is 29.5. The molecule has 5 aliphatic carbocycles. The number of nitrogens with two attached hydrogens (primary N) is 1. The quantitative estimate of drug-likeness (QED) is 0.147. The molecule has 0 aliphatic heterocycles. The molecule has 5 aliphatic rings. The van der Waals surface area contributed by atoms with Gasteiger partial charge in [-0.2, -0.15) is 0 Å². The lowest BCUT2D eigenvalue weighted by Gasteiger charge is -2.72. The van der Waals surface area contributed by atoms with Gasteiger partial charge < -0.3 is 15.8 Å². The van der Waals surface area contributed by atoms with Crippen LogP contribution in [0.1, 0.15) is 145 Å². The fraction of sp³-hybridized carbons (Fsp3) is 0.897. The van der Waals surface area contributed by atoms with Gasteiger partial charge in [0.1, 0.15) is 6.10 Å². The van der Waals surface area contributed by atoms with Crippen LogP contribution in [-0.4, -0.2) is 31.1 Å². The van der Waals surface area contributed by atoms with Crippen molar-refractivity contribution in [3.8, 4) is 0 Å². The Morgan fingerprint density at radius 1 is 0.795 bits per heavy atom. The summed E-state index contributed by atoms with van der Waals surface area (Å²) in [5, 5.41) is 3.48. The summed E-state index contributed by atoms with van der Waals surface area (Å²) in [5.74, 6) is 2.86. The SMILES string of the molecule is C=C(C)[C@@H]1CC[C@]2(C(=O)NCCCCCCCN)CC[C@]3(C)[C@H](CC[C@@H]4[C@@]5(C)CC[C@H](OC(C)=O)C(C)(C)[C@@H]5CC[C@]43C)[C@@H]12. The summed E-state index contributed by atoms with van der Waals surface area (Å²) in [4.78, 5) is 26.3. The predicted octanol–water partition coefficient (Wildman–Crippen LogP) is 8.60. The monoisotopic (exact) mass is 611 g/mol. The molecule has 5 heteroatoms. The molecule has 3 N–H and O–H groups in total. The molecule has 44 heavy (non-hydrogen) atoms. The van der Waals surface area contributed by atoms with Crippen LogP contribution >= 0.6 is 0 Å². The number of nitrogens with one attached hydrogen (secondary N) is 1. The maximum Gasteiger partial charge on any atom is 0.302 e. The molecule has 1 amide bonds. The number of hydrogen-bond acceptors (Lipinski definition) is 4. The van der Waals surface area contributed by atoms with Crippen molar-refractivity contribution in [1.29, 1.82) is 0 Å². The van der Waals surface area contributed by atoms with Crippen molar-refractivity contribution in [3.05, 3.63) is 12.2 Å². The van der Waals surface area contributed by atoms with Gasteiger partial charge in [0, 0.05) is 18.9 Å². The number of hydrogen-bond donors (Lipinski definition) is 2. The third-order valence-electron chi connectivity index (χ3n) is 15.4. The number of fused-ring (bicyclic) bond motifs is 7. The number of allylic oxidation sites excluding steroid dienone is 1. The van der Waals surface area contributed by atoms with Crippen molar-refractivity contribution in [2.75, 3.05) is 13.1 Å². The number of esters is 1. The van der Waals surface area contributed by atoms with Crippen molar-refractivity contribution >= 4 is 11.9 Å². The first kappa shape index (κ1) is 34.0. The van der Waals surface area contributed by atoms with Crippen LogP contribution in [0.4, 0.5) is 0 Å². The van der Waals surface area contributed by atoms with Crippen molar-refractivity contribution in [1.82, 2.24) is 5.32 Å². The van der Waals surface area contributed by atoms with E-state index < -0.39 is 0 Å². The van der Waals surface area contributed by atoms with E-state index in [-0.39, 0.29) is 39.1 Å². The largest absolute Gasteiger partial charge is 0.462 e. The van der Waals surface area contributed by atoms with E-state index >= 15 is 0 Å². The molecule has 0 unspecified atom stereocenters. The van der Waals surface area contributed by atoms with Gasteiger partial charge in [-0.15, -0.1) is 0 Å². The second kappa shape index (κ2) is 12.3. The van der Waals surface area contributed by atoms with Crippen LogP contribution in [0.3, 0.4) is 0 Å². The Morgan fingerprint density at radius 3 is 2.18 bits per heavy atom. The summed E-state index contributed by atoms with van der Waals surface area (Å²) in [6.07, 6.45) is 17.2. The van der Waals surface area contributed by atoms with E-state index in [1.807, 2.05) is 0 Å². The zero-order valence-electron chi connectivity index (χ0n) is 29.5. The number of carbonyl (C=O) groups is 2. The van der Waals surface area contributed by atoms with Gasteiger partial charge in [0.05, 0.1) is 5.41 Å². The molecule has 250 valence electrons. The number of amides is 1. The summed E-state index contributed by atoms with van der Waals surface area (Å²) in [7, 11) is 0. The highest BCUT2D eigenvalue weighted by molar-refractivity contribution is 5.83. The van der Waals surface area contributed by atoms with Gasteiger partial charge in [-0.1, -0.05) is 66.0 Å². The summed E-state index contributed by atoms with van der Waals surface area (Å²) in [5.41, 5.74) is 7.42. The maximum absolute atomic E-state index is 14.3. The highest BCUT2D eigenvalue weighted by Crippen LogP contribution is 2.77. The summed E-state index contributed by atoms with van der Waals surface area (Å²) < 4.78 is 5.95. The predicted molar refractivity (Wildman–Crippen MR) is 180 cm³/mol. The van der Waals surface area contributed by atoms with Gasteiger partial charge in [-0.25, -0.2) is 0 Å². The molecule has 5 nitrogen and oxygen atoms in total. The Balaban J connectivity index is 1.39. The van der Waals surface area contributed by atoms with E-state index in [1.54, 1.807) is 6.92 Å². The molecule has 0 heterocycles. The lowest BCUT2D eigenvalue weighted by Crippen LogP contribution is -2.67. The average molecular weight is 611 g/mol. The molecule has 0 aromatic carbocycles. The summed E-state index contributed by atoms with van der Waals surface area (Å²) in [6, 6.07) is 0. The molecular weight excluding hydrogens is 544 g/mol. The fourth-order valence-electron chi connectivity index (χ4n) is 13.1. The molecule has 0 spiro atoms. The van der Waals surface area contributed by atoms with Crippen LogP contribution in [-0.2, 0) is 14.3 Å². The van der Waals surface area contributed by atoms with E-state index in [2.05, 4.69) is 53.4 Å². The van der Waals surface area contributed by atoms with Crippen LogP contribution < -0.4 is 11.1 Å². The van der Waals surface area contributed by atoms with Crippen LogP contribution in [0.25, 0.3) is 0 Å². The minimum Gasteiger partial charge on any atom is -0.462 e. The van der Waals surface area contributed by atoms with Crippen LogP contribution in [0.5, 0.6) is 0 Å². The molecule has 5 rings (SSSR count). The third-order valence-corrected chi connectivity index (χ3v) is 15.4. The van der Waals surface area contributed by atoms with Crippen molar-refractivity contribution in [2.24, 2.45) is 62.4 Å². The van der Waals surface area contributed by atoms with E-state index in [4.69, 9.17) is 10.5 Å². The highest BCUT2D eigenvalue weighted by atomic mass is 16.5. The topological polar surface area (TPSA) is 81.4 Å². The Bertz CT molecular complexity index is 1100. The van der Waals surface area contributed by atoms with E-state index in [9.17, 15) is 9.59 Å². The third kappa shape index (κ3) is 5.22. The molecule has 0 aromatic rings. The lowest BCUT2D eigenvalue weighted by molar-refractivity contribution is -0.248. The minimum atomic E-state index is -0.234. The Labute approximate surface area is 269 Å². The first-order valence-corrected chi connectivity index (χ1v) is 18.5. The first-order chi connectivity index (χ1) is 20.7. The molecular formula is C39H66N2O3. The van der Waals surface area contributed by atoms with Gasteiger partial charge in [-0.3, -0.25) is 9.59 Å². The maximum atomic E-state index is 14.3. The van der Waals surface area contributed by atoms with Crippen LogP contribution in [0, 0.1) is 56.7 Å².